The Balaban J connectivity index is 1.29. The highest BCUT2D eigenvalue weighted by molar-refractivity contribution is 5.82. The molecule has 0 amide bonds. The topological polar surface area (TPSA) is 109 Å². The number of benzene rings is 2. The van der Waals surface area contributed by atoms with Crippen LogP contribution < -0.4 is 15.4 Å². The largest absolute Gasteiger partial charge is 0.463 e. The van der Waals surface area contributed by atoms with E-state index >= 15 is 0 Å². The molecule has 3 aromatic heterocycles. The maximum absolute atomic E-state index is 10.3. The number of piperidine rings is 1. The molecule has 2 unspecified atom stereocenters. The molecular formula is C30H33N7O2. The number of nitrogens with one attached hydrogen (secondary N) is 2. The number of aromatic nitrogens is 5. The molecule has 0 aliphatic carbocycles. The maximum Gasteiger partial charge on any atom is 0.321 e. The van der Waals surface area contributed by atoms with Crippen LogP contribution in [0.1, 0.15) is 37.3 Å². The summed E-state index contributed by atoms with van der Waals surface area (Å²) in [7, 11) is 0. The molecule has 2 aromatic carbocycles. The second-order valence-electron chi connectivity index (χ2n) is 10.4. The standard InChI is InChI=1S/C30H33N7O2/c1-19(2)24-16-33-37-28(24)35-30(39-18-22-13-14-31-17-27(22)38)36-29(37)32-15-21-8-3-5-9-23(21)26-12-11-20-7-4-6-10-25(20)34-26/h3-12,16,19,22,27,31,38H,13-15,17-18H2,1-2H3,(H,32,35,36). The molecule has 9 heteroatoms. The summed E-state index contributed by atoms with van der Waals surface area (Å²) >= 11 is 0. The van der Waals surface area contributed by atoms with Gasteiger partial charge in [0.2, 0.25) is 5.95 Å². The minimum absolute atomic E-state index is 0.0401. The van der Waals surface area contributed by atoms with Crippen molar-refractivity contribution in [2.24, 2.45) is 5.92 Å². The van der Waals surface area contributed by atoms with Crippen molar-refractivity contribution in [3.8, 4) is 17.3 Å². The summed E-state index contributed by atoms with van der Waals surface area (Å²) in [6.45, 7) is 6.55. The van der Waals surface area contributed by atoms with E-state index in [2.05, 4.69) is 64.9 Å². The van der Waals surface area contributed by atoms with Gasteiger partial charge in [-0.1, -0.05) is 62.4 Å². The minimum atomic E-state index is -0.443. The van der Waals surface area contributed by atoms with Gasteiger partial charge >= 0.3 is 6.01 Å². The number of fused-ring (bicyclic) bond motifs is 2. The van der Waals surface area contributed by atoms with E-state index in [0.717, 1.165) is 46.3 Å². The number of ether oxygens (including phenoxy) is 1. The summed E-state index contributed by atoms with van der Waals surface area (Å²) in [6, 6.07) is 20.8. The number of para-hydroxylation sites is 1. The second kappa shape index (κ2) is 11.0. The Morgan fingerprint density at radius 3 is 2.77 bits per heavy atom. The molecule has 2 atom stereocenters. The van der Waals surface area contributed by atoms with Crippen molar-refractivity contribution in [3.05, 3.63) is 78.0 Å². The van der Waals surface area contributed by atoms with Crippen LogP contribution >= 0.6 is 0 Å². The van der Waals surface area contributed by atoms with Gasteiger partial charge in [0.1, 0.15) is 0 Å². The van der Waals surface area contributed by atoms with E-state index in [0.29, 0.717) is 31.3 Å². The van der Waals surface area contributed by atoms with Crippen LogP contribution in [-0.4, -0.2) is 55.5 Å². The summed E-state index contributed by atoms with van der Waals surface area (Å²) in [5, 5.41) is 22.7. The fourth-order valence-electron chi connectivity index (χ4n) is 5.05. The fourth-order valence-corrected chi connectivity index (χ4v) is 5.05. The van der Waals surface area contributed by atoms with Crippen LogP contribution in [0.3, 0.4) is 0 Å². The Hall–Kier alpha value is -4.08. The fraction of sp³-hybridized carbons (Fsp3) is 0.333. The quantitative estimate of drug-likeness (QED) is 0.274. The normalized spacial score (nSPS) is 17.6. The summed E-state index contributed by atoms with van der Waals surface area (Å²) < 4.78 is 7.79. The van der Waals surface area contributed by atoms with Crippen LogP contribution in [0.4, 0.5) is 5.95 Å². The lowest BCUT2D eigenvalue weighted by Crippen LogP contribution is -2.42. The zero-order valence-electron chi connectivity index (χ0n) is 22.2. The monoisotopic (exact) mass is 523 g/mol. The second-order valence-corrected chi connectivity index (χ2v) is 10.4. The van der Waals surface area contributed by atoms with Crippen LogP contribution in [0.2, 0.25) is 0 Å². The van der Waals surface area contributed by atoms with Gasteiger partial charge in [-0.25, -0.2) is 4.98 Å². The molecule has 4 heterocycles. The zero-order valence-corrected chi connectivity index (χ0v) is 22.2. The number of pyridine rings is 1. The average molecular weight is 524 g/mol. The lowest BCUT2D eigenvalue weighted by molar-refractivity contribution is 0.0502. The third-order valence-corrected chi connectivity index (χ3v) is 7.34. The van der Waals surface area contributed by atoms with E-state index < -0.39 is 6.10 Å². The van der Waals surface area contributed by atoms with Gasteiger partial charge in [0.25, 0.3) is 0 Å². The first-order valence-corrected chi connectivity index (χ1v) is 13.5. The first-order chi connectivity index (χ1) is 19.1. The highest BCUT2D eigenvalue weighted by Crippen LogP contribution is 2.27. The van der Waals surface area contributed by atoms with Gasteiger partial charge in [-0.3, -0.25) is 0 Å². The van der Waals surface area contributed by atoms with Gasteiger partial charge in [-0.05, 0) is 36.6 Å². The number of β-amino-alcohol motifs (C(OH)–C–C–N with tert-alkyl or cyclic N) is 1. The first-order valence-electron chi connectivity index (χ1n) is 13.5. The summed E-state index contributed by atoms with van der Waals surface area (Å²) in [6.07, 6.45) is 2.24. The molecule has 1 aliphatic heterocycles. The van der Waals surface area contributed by atoms with Crippen molar-refractivity contribution in [1.29, 1.82) is 0 Å². The van der Waals surface area contributed by atoms with Gasteiger partial charge in [0.05, 0.1) is 30.1 Å². The Bertz CT molecular complexity index is 1600. The molecule has 0 spiro atoms. The van der Waals surface area contributed by atoms with Crippen molar-refractivity contribution in [2.45, 2.75) is 38.8 Å². The number of aliphatic hydroxyl groups excluding tert-OH is 1. The maximum atomic E-state index is 10.3. The molecule has 200 valence electrons. The van der Waals surface area contributed by atoms with E-state index in [1.165, 1.54) is 0 Å². The van der Waals surface area contributed by atoms with Crippen LogP contribution in [0.15, 0.2) is 66.9 Å². The molecule has 39 heavy (non-hydrogen) atoms. The molecule has 0 saturated carbocycles. The number of rotatable bonds is 8. The summed E-state index contributed by atoms with van der Waals surface area (Å²) in [5.74, 6) is 0.830. The number of anilines is 1. The van der Waals surface area contributed by atoms with Crippen LogP contribution in [0, 0.1) is 5.92 Å². The zero-order chi connectivity index (χ0) is 26.8. The lowest BCUT2D eigenvalue weighted by atomic mass is 9.96. The molecule has 6 rings (SSSR count). The van der Waals surface area contributed by atoms with Gasteiger partial charge in [0, 0.05) is 35.5 Å². The molecule has 0 radical (unpaired) electrons. The Kier molecular flexibility index (Phi) is 7.08. The first kappa shape index (κ1) is 25.2. The minimum Gasteiger partial charge on any atom is -0.463 e. The van der Waals surface area contributed by atoms with Gasteiger partial charge < -0.3 is 20.5 Å². The molecule has 1 fully saturated rings. The van der Waals surface area contributed by atoms with Gasteiger partial charge in [-0.2, -0.15) is 19.6 Å². The highest BCUT2D eigenvalue weighted by Gasteiger charge is 2.24. The van der Waals surface area contributed by atoms with E-state index in [-0.39, 0.29) is 17.8 Å². The number of nitrogens with zero attached hydrogens (tertiary/aromatic N) is 5. The number of aliphatic hydroxyl groups is 1. The Morgan fingerprint density at radius 2 is 1.90 bits per heavy atom. The molecule has 5 aromatic rings. The summed E-state index contributed by atoms with van der Waals surface area (Å²) in [5.41, 5.74) is 5.77. The SMILES string of the molecule is CC(C)c1cnn2c(NCc3ccccc3-c3ccc4ccccc4n3)nc(OCC3CCNCC3O)nc12. The molecule has 3 N–H and O–H groups in total. The molecule has 0 bridgehead atoms. The Morgan fingerprint density at radius 1 is 1.05 bits per heavy atom. The summed E-state index contributed by atoms with van der Waals surface area (Å²) in [4.78, 5) is 14.3. The number of hydrogen-bond acceptors (Lipinski definition) is 8. The third-order valence-electron chi connectivity index (χ3n) is 7.34. The molecular weight excluding hydrogens is 490 g/mol. The van der Waals surface area contributed by atoms with E-state index in [1.54, 1.807) is 4.52 Å². The molecule has 1 aliphatic rings. The van der Waals surface area contributed by atoms with Gasteiger partial charge in [-0.15, -0.1) is 0 Å². The van der Waals surface area contributed by atoms with E-state index in [9.17, 15) is 5.11 Å². The Labute approximate surface area is 227 Å². The van der Waals surface area contributed by atoms with Crippen LogP contribution in [0.5, 0.6) is 6.01 Å². The predicted octanol–water partition coefficient (Wildman–Crippen LogP) is 4.42. The van der Waals surface area contributed by atoms with Crippen molar-refractivity contribution >= 4 is 22.5 Å². The van der Waals surface area contributed by atoms with Crippen LogP contribution in [0.25, 0.3) is 27.8 Å². The smallest absolute Gasteiger partial charge is 0.321 e. The van der Waals surface area contributed by atoms with Crippen molar-refractivity contribution in [1.82, 2.24) is 29.9 Å². The third kappa shape index (κ3) is 5.28. The molecule has 9 nitrogen and oxygen atoms in total. The van der Waals surface area contributed by atoms with Crippen LogP contribution in [-0.2, 0) is 6.54 Å². The van der Waals surface area contributed by atoms with E-state index in [4.69, 9.17) is 14.7 Å². The lowest BCUT2D eigenvalue weighted by Gasteiger charge is -2.27. The van der Waals surface area contributed by atoms with Crippen molar-refractivity contribution in [2.75, 3.05) is 25.0 Å². The number of hydrogen-bond donors (Lipinski definition) is 3. The highest BCUT2D eigenvalue weighted by atomic mass is 16.5. The average Bonchev–Trinajstić information content (AvgIpc) is 3.40. The molecule has 1 saturated heterocycles. The predicted molar refractivity (Wildman–Crippen MR) is 152 cm³/mol. The van der Waals surface area contributed by atoms with Crippen molar-refractivity contribution < 1.29 is 9.84 Å². The van der Waals surface area contributed by atoms with Gasteiger partial charge in [0.15, 0.2) is 5.65 Å². The van der Waals surface area contributed by atoms with E-state index in [1.807, 2.05) is 36.5 Å². The van der Waals surface area contributed by atoms with Crippen molar-refractivity contribution in [3.63, 3.8) is 0 Å².